The molecule has 8 heteroatoms. The first-order valence-electron chi connectivity index (χ1n) is 11.8. The van der Waals surface area contributed by atoms with Crippen molar-refractivity contribution in [1.29, 1.82) is 0 Å². The van der Waals surface area contributed by atoms with E-state index >= 15 is 0 Å². The fourth-order valence-corrected chi connectivity index (χ4v) is 4.28. The summed E-state index contributed by atoms with van der Waals surface area (Å²) in [6.45, 7) is 0. The molecule has 0 aliphatic rings. The fourth-order valence-electron chi connectivity index (χ4n) is 4.28. The smallest absolute Gasteiger partial charge is 0.248 e. The van der Waals surface area contributed by atoms with Gasteiger partial charge in [-0.1, -0.05) is 30.4 Å². The molecule has 1 heterocycles. The van der Waals surface area contributed by atoms with Gasteiger partial charge in [-0.15, -0.1) is 0 Å². The minimum atomic E-state index is -0.371. The maximum Gasteiger partial charge on any atom is 0.248 e. The molecule has 38 heavy (non-hydrogen) atoms. The molecule has 0 spiro atoms. The van der Waals surface area contributed by atoms with Crippen LogP contribution in [0.5, 0.6) is 28.7 Å². The number of hydrogen-bond donors (Lipinski definition) is 2. The number of hydrogen-bond acceptors (Lipinski definition) is 6. The second-order valence-electron chi connectivity index (χ2n) is 8.41. The van der Waals surface area contributed by atoms with E-state index in [9.17, 15) is 9.90 Å². The number of aromatic nitrogens is 1. The normalized spacial score (nSPS) is 11.3. The molecule has 1 aromatic heterocycles. The van der Waals surface area contributed by atoms with E-state index in [0.717, 1.165) is 22.0 Å². The molecule has 8 nitrogen and oxygen atoms in total. The lowest BCUT2D eigenvalue weighted by molar-refractivity contribution is -0.111. The zero-order chi connectivity index (χ0) is 27.2. The topological polar surface area (TPSA) is 91.2 Å². The Kier molecular flexibility index (Phi) is 7.91. The summed E-state index contributed by atoms with van der Waals surface area (Å²) >= 11 is 0. The van der Waals surface area contributed by atoms with Crippen LogP contribution in [0.2, 0.25) is 0 Å². The van der Waals surface area contributed by atoms with E-state index in [4.69, 9.17) is 18.9 Å². The van der Waals surface area contributed by atoms with Gasteiger partial charge in [0.2, 0.25) is 11.7 Å². The summed E-state index contributed by atoms with van der Waals surface area (Å²) in [7, 11) is 8.04. The van der Waals surface area contributed by atoms with Gasteiger partial charge in [0.1, 0.15) is 0 Å². The van der Waals surface area contributed by atoms with Crippen LogP contribution in [-0.4, -0.2) is 44.0 Å². The predicted octanol–water partition coefficient (Wildman–Crippen LogP) is 5.74. The van der Waals surface area contributed by atoms with Crippen molar-refractivity contribution >= 4 is 40.7 Å². The van der Waals surface area contributed by atoms with Crippen molar-refractivity contribution < 1.29 is 28.8 Å². The number of benzene rings is 3. The number of nitrogens with zero attached hydrogens (tertiary/aromatic N) is 1. The third kappa shape index (κ3) is 5.29. The first-order valence-corrected chi connectivity index (χ1v) is 11.8. The van der Waals surface area contributed by atoms with Crippen LogP contribution >= 0.6 is 0 Å². The van der Waals surface area contributed by atoms with Gasteiger partial charge in [-0.05, 0) is 42.0 Å². The number of rotatable bonds is 9. The van der Waals surface area contributed by atoms with Crippen molar-refractivity contribution in [1.82, 2.24) is 4.57 Å². The number of amides is 1. The summed E-state index contributed by atoms with van der Waals surface area (Å²) in [6.07, 6.45) is 8.82. The summed E-state index contributed by atoms with van der Waals surface area (Å²) in [5.41, 5.74) is 3.73. The Balaban J connectivity index is 1.65. The number of carbonyl (C=O) groups is 1. The Morgan fingerprint density at radius 1 is 0.842 bits per heavy atom. The van der Waals surface area contributed by atoms with Crippen LogP contribution in [0.25, 0.3) is 29.1 Å². The van der Waals surface area contributed by atoms with Crippen molar-refractivity contribution in [2.24, 2.45) is 7.05 Å². The van der Waals surface area contributed by atoms with Gasteiger partial charge >= 0.3 is 0 Å². The number of methoxy groups -OCH3 is 4. The van der Waals surface area contributed by atoms with E-state index in [1.807, 2.05) is 48.2 Å². The Morgan fingerprint density at radius 3 is 2.18 bits per heavy atom. The van der Waals surface area contributed by atoms with Gasteiger partial charge in [0.05, 0.1) is 34.1 Å². The lowest BCUT2D eigenvalue weighted by Crippen LogP contribution is -2.10. The molecule has 4 rings (SSSR count). The standard InChI is InChI=1S/C30H30N2O6/c1-32-18-21(22-8-6-7-9-23(22)32)13-15-27(34)31-28-20(12-14-24(33)29(28)37-4)11-10-19-16-25(35-2)30(38-5)26(17-19)36-3/h6-18,33H,1-5H3,(H,31,34)/b11-10?,15-13+. The summed E-state index contributed by atoms with van der Waals surface area (Å²) < 4.78 is 23.7. The molecule has 0 saturated carbocycles. The van der Waals surface area contributed by atoms with Crippen LogP contribution in [-0.2, 0) is 11.8 Å². The van der Waals surface area contributed by atoms with Gasteiger partial charge in [0.15, 0.2) is 23.0 Å². The minimum absolute atomic E-state index is 0.0919. The van der Waals surface area contributed by atoms with Crippen molar-refractivity contribution in [3.8, 4) is 28.7 Å². The van der Waals surface area contributed by atoms with Crippen molar-refractivity contribution in [2.75, 3.05) is 33.8 Å². The fraction of sp³-hybridized carbons (Fsp3) is 0.167. The molecule has 196 valence electrons. The van der Waals surface area contributed by atoms with Crippen molar-refractivity contribution in [2.45, 2.75) is 0 Å². The van der Waals surface area contributed by atoms with Gasteiger partial charge in [-0.2, -0.15) is 0 Å². The maximum absolute atomic E-state index is 13.0. The van der Waals surface area contributed by atoms with Gasteiger partial charge in [0.25, 0.3) is 0 Å². The van der Waals surface area contributed by atoms with Crippen molar-refractivity contribution in [3.63, 3.8) is 0 Å². The molecule has 3 aromatic carbocycles. The lowest BCUT2D eigenvalue weighted by atomic mass is 10.1. The van der Waals surface area contributed by atoms with E-state index in [1.165, 1.54) is 19.3 Å². The zero-order valence-electron chi connectivity index (χ0n) is 21.9. The van der Waals surface area contributed by atoms with E-state index in [0.29, 0.717) is 28.5 Å². The third-order valence-corrected chi connectivity index (χ3v) is 6.11. The maximum atomic E-state index is 13.0. The molecule has 0 saturated heterocycles. The molecule has 0 fully saturated rings. The molecule has 0 aliphatic heterocycles. The van der Waals surface area contributed by atoms with Crippen LogP contribution in [0.3, 0.4) is 0 Å². The van der Waals surface area contributed by atoms with E-state index in [2.05, 4.69) is 5.32 Å². The molecular formula is C30H30N2O6. The summed E-state index contributed by atoms with van der Waals surface area (Å²) in [5.74, 6) is 1.21. The molecule has 4 aromatic rings. The molecule has 0 atom stereocenters. The predicted molar refractivity (Wildman–Crippen MR) is 150 cm³/mol. The van der Waals surface area contributed by atoms with Crippen LogP contribution in [0.4, 0.5) is 5.69 Å². The zero-order valence-corrected chi connectivity index (χ0v) is 21.9. The van der Waals surface area contributed by atoms with E-state index in [-0.39, 0.29) is 17.4 Å². The number of nitrogens with one attached hydrogen (secondary N) is 1. The largest absolute Gasteiger partial charge is 0.504 e. The number of carbonyl (C=O) groups excluding carboxylic acids is 1. The highest BCUT2D eigenvalue weighted by atomic mass is 16.5. The summed E-state index contributed by atoms with van der Waals surface area (Å²) in [4.78, 5) is 13.0. The number of aromatic hydroxyl groups is 1. The first-order chi connectivity index (χ1) is 18.4. The SMILES string of the molecule is COc1cc(C=Cc2ccc(O)c(OC)c2NC(=O)/C=C/c2cn(C)c3ccccc23)cc(OC)c1OC. The van der Waals surface area contributed by atoms with Crippen LogP contribution < -0.4 is 24.3 Å². The highest BCUT2D eigenvalue weighted by Gasteiger charge is 2.16. The molecule has 0 unspecified atom stereocenters. The number of para-hydroxylation sites is 1. The molecule has 1 amide bonds. The minimum Gasteiger partial charge on any atom is -0.504 e. The average Bonchev–Trinajstić information content (AvgIpc) is 3.26. The molecule has 0 bridgehead atoms. The van der Waals surface area contributed by atoms with Crippen molar-refractivity contribution in [3.05, 3.63) is 77.5 Å². The number of anilines is 1. The number of phenolic OH excluding ortho intramolecular Hbond substituents is 1. The number of fused-ring (bicyclic) bond motifs is 1. The average molecular weight is 515 g/mol. The third-order valence-electron chi connectivity index (χ3n) is 6.11. The Morgan fingerprint density at radius 2 is 1.53 bits per heavy atom. The summed E-state index contributed by atoms with van der Waals surface area (Å²) in [6, 6.07) is 14.8. The van der Waals surface area contributed by atoms with Gasteiger partial charge in [0, 0.05) is 41.4 Å². The lowest BCUT2D eigenvalue weighted by Gasteiger charge is -2.14. The highest BCUT2D eigenvalue weighted by molar-refractivity contribution is 6.06. The van der Waals surface area contributed by atoms with Gasteiger partial charge < -0.3 is 33.9 Å². The number of ether oxygens (including phenoxy) is 4. The number of phenols is 1. The monoisotopic (exact) mass is 514 g/mol. The van der Waals surface area contributed by atoms with Gasteiger partial charge in [-0.25, -0.2) is 0 Å². The quantitative estimate of drug-likeness (QED) is 0.219. The van der Waals surface area contributed by atoms with Gasteiger partial charge in [-0.3, -0.25) is 4.79 Å². The molecule has 0 aliphatic carbocycles. The molecule has 0 radical (unpaired) electrons. The second-order valence-corrected chi connectivity index (χ2v) is 8.41. The number of aryl methyl sites for hydroxylation is 1. The van der Waals surface area contributed by atoms with Crippen LogP contribution in [0, 0.1) is 0 Å². The van der Waals surface area contributed by atoms with Crippen LogP contribution in [0.15, 0.2) is 60.8 Å². The molecular weight excluding hydrogens is 484 g/mol. The van der Waals surface area contributed by atoms with E-state index in [1.54, 1.807) is 51.7 Å². The summed E-state index contributed by atoms with van der Waals surface area (Å²) in [5, 5.41) is 14.3. The first kappa shape index (κ1) is 26.2. The highest BCUT2D eigenvalue weighted by Crippen LogP contribution is 2.40. The Bertz CT molecular complexity index is 1510. The van der Waals surface area contributed by atoms with E-state index < -0.39 is 0 Å². The molecule has 2 N–H and O–H groups in total. The Labute approximate surface area is 221 Å². The van der Waals surface area contributed by atoms with Crippen LogP contribution in [0.1, 0.15) is 16.7 Å². The second kappa shape index (κ2) is 11.5. The Hall–Kier alpha value is -4.85.